The molecule has 156 valence electrons. The van der Waals surface area contributed by atoms with Crippen molar-refractivity contribution in [2.75, 3.05) is 45.9 Å². The number of carbonyl (C=O) groups is 2. The molecule has 0 bridgehead atoms. The molecule has 1 unspecified atom stereocenters. The van der Waals surface area contributed by atoms with Crippen LogP contribution in [-0.2, 0) is 20.9 Å². The summed E-state index contributed by atoms with van der Waals surface area (Å²) in [5.74, 6) is 0.0773. The normalized spacial score (nSPS) is 21.3. The molecule has 1 aromatic rings. The van der Waals surface area contributed by atoms with Crippen LogP contribution < -0.4 is 5.32 Å². The van der Waals surface area contributed by atoms with Gasteiger partial charge in [-0.2, -0.15) is 5.10 Å². The van der Waals surface area contributed by atoms with Crippen LogP contribution >= 0.6 is 0 Å². The first kappa shape index (κ1) is 20.8. The molecule has 1 aromatic heterocycles. The fourth-order valence-electron chi connectivity index (χ4n) is 3.74. The SMILES string of the molecule is CC(C)n1cc(CNC(=O)C2CCC(=O)N(CCCN3CCOCC3)C2)cn1. The number of hydrogen-bond acceptors (Lipinski definition) is 5. The second-order valence-electron chi connectivity index (χ2n) is 8.02. The Labute approximate surface area is 167 Å². The van der Waals surface area contributed by atoms with E-state index in [9.17, 15) is 9.59 Å². The van der Waals surface area contributed by atoms with Crippen molar-refractivity contribution < 1.29 is 14.3 Å². The van der Waals surface area contributed by atoms with Crippen molar-refractivity contribution in [3.8, 4) is 0 Å². The number of carbonyl (C=O) groups excluding carboxylic acids is 2. The van der Waals surface area contributed by atoms with E-state index in [2.05, 4.69) is 29.2 Å². The summed E-state index contributed by atoms with van der Waals surface area (Å²) < 4.78 is 7.25. The van der Waals surface area contributed by atoms with Crippen LogP contribution in [-0.4, -0.2) is 77.3 Å². The summed E-state index contributed by atoms with van der Waals surface area (Å²) in [4.78, 5) is 29.1. The Kier molecular flexibility index (Phi) is 7.44. The predicted octanol–water partition coefficient (Wildman–Crippen LogP) is 1.04. The summed E-state index contributed by atoms with van der Waals surface area (Å²) in [6.45, 7) is 10.4. The van der Waals surface area contributed by atoms with Crippen molar-refractivity contribution in [1.82, 2.24) is 24.9 Å². The summed E-state index contributed by atoms with van der Waals surface area (Å²) >= 11 is 0. The summed E-state index contributed by atoms with van der Waals surface area (Å²) in [7, 11) is 0. The lowest BCUT2D eigenvalue weighted by molar-refractivity contribution is -0.138. The number of ether oxygens (including phenoxy) is 1. The standard InChI is InChI=1S/C20H33N5O3/c1-16(2)25-14-17(13-22-25)12-21-20(27)18-4-5-19(26)24(15-18)7-3-6-23-8-10-28-11-9-23/h13-14,16,18H,3-12,15H2,1-2H3,(H,21,27). The average molecular weight is 392 g/mol. The van der Waals surface area contributed by atoms with E-state index in [0.717, 1.165) is 51.4 Å². The highest BCUT2D eigenvalue weighted by molar-refractivity contribution is 5.83. The molecular weight excluding hydrogens is 358 g/mol. The highest BCUT2D eigenvalue weighted by Crippen LogP contribution is 2.18. The van der Waals surface area contributed by atoms with Crippen LogP contribution in [0.15, 0.2) is 12.4 Å². The Morgan fingerprint density at radius 3 is 2.82 bits per heavy atom. The Balaban J connectivity index is 1.41. The van der Waals surface area contributed by atoms with Gasteiger partial charge < -0.3 is 15.0 Å². The van der Waals surface area contributed by atoms with Crippen molar-refractivity contribution in [1.29, 1.82) is 0 Å². The van der Waals surface area contributed by atoms with Crippen LogP contribution in [0, 0.1) is 5.92 Å². The van der Waals surface area contributed by atoms with E-state index < -0.39 is 0 Å². The largest absolute Gasteiger partial charge is 0.379 e. The number of amides is 2. The fraction of sp³-hybridized carbons (Fsp3) is 0.750. The topological polar surface area (TPSA) is 79.7 Å². The molecule has 1 N–H and O–H groups in total. The number of rotatable bonds is 8. The first-order chi connectivity index (χ1) is 13.5. The van der Waals surface area contributed by atoms with Crippen LogP contribution in [0.1, 0.15) is 44.7 Å². The molecule has 8 heteroatoms. The second kappa shape index (κ2) is 10.0. The van der Waals surface area contributed by atoms with Gasteiger partial charge in [0.15, 0.2) is 0 Å². The van der Waals surface area contributed by atoms with Crippen molar-refractivity contribution in [2.45, 2.75) is 45.7 Å². The molecule has 0 spiro atoms. The number of nitrogens with zero attached hydrogens (tertiary/aromatic N) is 4. The molecule has 1 atom stereocenters. The minimum atomic E-state index is -0.124. The molecule has 2 aliphatic heterocycles. The molecular formula is C20H33N5O3. The second-order valence-corrected chi connectivity index (χ2v) is 8.02. The average Bonchev–Trinajstić information content (AvgIpc) is 3.18. The van der Waals surface area contributed by atoms with Gasteiger partial charge in [0.05, 0.1) is 25.3 Å². The van der Waals surface area contributed by atoms with Crippen LogP contribution in [0.25, 0.3) is 0 Å². The van der Waals surface area contributed by atoms with Crippen molar-refractivity contribution >= 4 is 11.8 Å². The Morgan fingerprint density at radius 2 is 2.11 bits per heavy atom. The maximum Gasteiger partial charge on any atom is 0.225 e. The molecule has 2 fully saturated rings. The molecule has 8 nitrogen and oxygen atoms in total. The van der Waals surface area contributed by atoms with Gasteiger partial charge in [0.25, 0.3) is 0 Å². The maximum atomic E-state index is 12.6. The predicted molar refractivity (Wildman–Crippen MR) is 106 cm³/mol. The summed E-state index contributed by atoms with van der Waals surface area (Å²) in [5, 5.41) is 7.31. The van der Waals surface area contributed by atoms with Gasteiger partial charge in [-0.15, -0.1) is 0 Å². The molecule has 2 saturated heterocycles. The van der Waals surface area contributed by atoms with Gasteiger partial charge >= 0.3 is 0 Å². The lowest BCUT2D eigenvalue weighted by Crippen LogP contribution is -2.46. The Morgan fingerprint density at radius 1 is 1.32 bits per heavy atom. The molecule has 0 radical (unpaired) electrons. The lowest BCUT2D eigenvalue weighted by atomic mass is 9.96. The summed E-state index contributed by atoms with van der Waals surface area (Å²) in [6.07, 6.45) is 5.79. The Hall–Kier alpha value is -1.93. The van der Waals surface area contributed by atoms with Crippen molar-refractivity contribution in [3.05, 3.63) is 18.0 Å². The first-order valence-electron chi connectivity index (χ1n) is 10.4. The highest BCUT2D eigenvalue weighted by Gasteiger charge is 2.30. The third kappa shape index (κ3) is 5.78. The first-order valence-corrected chi connectivity index (χ1v) is 10.4. The van der Waals surface area contributed by atoms with E-state index >= 15 is 0 Å². The highest BCUT2D eigenvalue weighted by atomic mass is 16.5. The zero-order valence-corrected chi connectivity index (χ0v) is 17.1. The van der Waals surface area contributed by atoms with Gasteiger partial charge in [0.1, 0.15) is 0 Å². The van der Waals surface area contributed by atoms with E-state index in [1.165, 1.54) is 0 Å². The van der Waals surface area contributed by atoms with Gasteiger partial charge in [0, 0.05) is 63.5 Å². The maximum absolute atomic E-state index is 12.6. The molecule has 3 rings (SSSR count). The zero-order chi connectivity index (χ0) is 19.9. The molecule has 28 heavy (non-hydrogen) atoms. The van der Waals surface area contributed by atoms with E-state index in [1.807, 2.05) is 15.8 Å². The van der Waals surface area contributed by atoms with Crippen molar-refractivity contribution in [3.63, 3.8) is 0 Å². The van der Waals surface area contributed by atoms with Gasteiger partial charge in [-0.1, -0.05) is 0 Å². The molecule has 3 heterocycles. The van der Waals surface area contributed by atoms with E-state index in [4.69, 9.17) is 4.74 Å². The van der Waals surface area contributed by atoms with Crippen LogP contribution in [0.4, 0.5) is 0 Å². The molecule has 0 aliphatic carbocycles. The number of nitrogens with one attached hydrogen (secondary N) is 1. The quantitative estimate of drug-likeness (QED) is 0.716. The zero-order valence-electron chi connectivity index (χ0n) is 17.1. The van der Waals surface area contributed by atoms with E-state index in [1.54, 1.807) is 6.20 Å². The number of piperidine rings is 1. The third-order valence-electron chi connectivity index (χ3n) is 5.53. The number of morpholine rings is 1. The molecule has 2 amide bonds. The van der Waals surface area contributed by atoms with Crippen molar-refractivity contribution in [2.24, 2.45) is 5.92 Å². The molecule has 0 saturated carbocycles. The minimum Gasteiger partial charge on any atom is -0.379 e. The van der Waals surface area contributed by atoms with Gasteiger partial charge in [-0.25, -0.2) is 0 Å². The smallest absolute Gasteiger partial charge is 0.225 e. The molecule has 0 aromatic carbocycles. The van der Waals surface area contributed by atoms with E-state index in [0.29, 0.717) is 32.0 Å². The summed E-state index contributed by atoms with van der Waals surface area (Å²) in [5.41, 5.74) is 0.997. The number of aromatic nitrogens is 2. The summed E-state index contributed by atoms with van der Waals surface area (Å²) in [6, 6.07) is 0.305. The van der Waals surface area contributed by atoms with E-state index in [-0.39, 0.29) is 17.7 Å². The van der Waals surface area contributed by atoms with Crippen LogP contribution in [0.2, 0.25) is 0 Å². The van der Waals surface area contributed by atoms with Gasteiger partial charge in [-0.3, -0.25) is 19.2 Å². The monoisotopic (exact) mass is 391 g/mol. The Bertz CT molecular complexity index is 654. The fourth-order valence-corrected chi connectivity index (χ4v) is 3.74. The van der Waals surface area contributed by atoms with Gasteiger partial charge in [-0.05, 0) is 26.7 Å². The van der Waals surface area contributed by atoms with Crippen LogP contribution in [0.5, 0.6) is 0 Å². The van der Waals surface area contributed by atoms with Crippen LogP contribution in [0.3, 0.4) is 0 Å². The number of likely N-dealkylation sites (tertiary alicyclic amines) is 1. The van der Waals surface area contributed by atoms with Gasteiger partial charge in [0.2, 0.25) is 11.8 Å². The number of hydrogen-bond donors (Lipinski definition) is 1. The molecule has 2 aliphatic rings. The lowest BCUT2D eigenvalue weighted by Gasteiger charge is -2.33. The third-order valence-corrected chi connectivity index (χ3v) is 5.53. The minimum absolute atomic E-state index is 0.0305.